The van der Waals surface area contributed by atoms with Gasteiger partial charge in [-0.05, 0) is 17.7 Å². The summed E-state index contributed by atoms with van der Waals surface area (Å²) in [5.74, 6) is 0. The second-order valence-electron chi connectivity index (χ2n) is 4.85. The number of hydrogen-bond donors (Lipinski definition) is 1. The topological polar surface area (TPSA) is 15.3 Å². The number of alkyl halides is 6. The summed E-state index contributed by atoms with van der Waals surface area (Å²) in [5, 5.41) is 2.92. The molecule has 126 valence electrons. The van der Waals surface area contributed by atoms with Crippen LogP contribution in [-0.2, 0) is 6.18 Å². The highest BCUT2D eigenvalue weighted by molar-refractivity contribution is 5.85. The van der Waals surface area contributed by atoms with Gasteiger partial charge >= 0.3 is 12.4 Å². The summed E-state index contributed by atoms with van der Waals surface area (Å²) in [6.45, 7) is 1.04. The second-order valence-corrected chi connectivity index (χ2v) is 4.85. The van der Waals surface area contributed by atoms with Crippen molar-refractivity contribution >= 4 is 12.4 Å². The second kappa shape index (κ2) is 7.06. The molecule has 1 fully saturated rings. The molecule has 1 heterocycles. The number of piperazine rings is 1. The molecule has 0 aromatic heterocycles. The Morgan fingerprint density at radius 1 is 1.00 bits per heavy atom. The minimum absolute atomic E-state index is 0. The molecular weight excluding hydrogens is 334 g/mol. The third kappa shape index (κ3) is 4.50. The average molecular weight is 349 g/mol. The van der Waals surface area contributed by atoms with Crippen LogP contribution in [0.25, 0.3) is 0 Å². The molecule has 0 saturated carbocycles. The maximum Gasteiger partial charge on any atom is 0.416 e. The van der Waals surface area contributed by atoms with Crippen LogP contribution in [0.5, 0.6) is 0 Å². The van der Waals surface area contributed by atoms with Gasteiger partial charge in [0.1, 0.15) is 6.04 Å². The maximum atomic E-state index is 13.3. The molecule has 1 aromatic carbocycles. The normalized spacial score (nSPS) is 18.6. The van der Waals surface area contributed by atoms with E-state index in [4.69, 9.17) is 0 Å². The number of rotatable bonds is 2. The Hall–Kier alpha value is -0.990. The van der Waals surface area contributed by atoms with Gasteiger partial charge in [-0.15, -0.1) is 12.4 Å². The predicted octanol–water partition coefficient (Wildman–Crippen LogP) is 3.64. The van der Waals surface area contributed by atoms with Gasteiger partial charge in [-0.3, -0.25) is 4.90 Å². The Morgan fingerprint density at radius 3 is 2.09 bits per heavy atom. The predicted molar refractivity (Wildman–Crippen MR) is 71.9 cm³/mol. The molecule has 1 saturated heterocycles. The number of hydrogen-bond acceptors (Lipinski definition) is 2. The van der Waals surface area contributed by atoms with Crippen molar-refractivity contribution in [3.63, 3.8) is 0 Å². The van der Waals surface area contributed by atoms with Crippen molar-refractivity contribution in [2.45, 2.75) is 18.4 Å². The summed E-state index contributed by atoms with van der Waals surface area (Å²) >= 11 is 0. The summed E-state index contributed by atoms with van der Waals surface area (Å²) in [7, 11) is 0. The van der Waals surface area contributed by atoms with Gasteiger partial charge in [-0.25, -0.2) is 0 Å². The molecule has 2 rings (SSSR count). The van der Waals surface area contributed by atoms with Crippen LogP contribution in [-0.4, -0.2) is 37.3 Å². The summed E-state index contributed by atoms with van der Waals surface area (Å²) in [5.41, 5.74) is -1.44. The molecule has 0 aliphatic carbocycles. The lowest BCUT2D eigenvalue weighted by Crippen LogP contribution is -2.49. The van der Waals surface area contributed by atoms with Crippen LogP contribution in [0.3, 0.4) is 0 Å². The van der Waals surface area contributed by atoms with E-state index in [0.717, 1.165) is 23.1 Å². The first-order valence-electron chi connectivity index (χ1n) is 6.38. The van der Waals surface area contributed by atoms with E-state index in [-0.39, 0.29) is 31.1 Å². The summed E-state index contributed by atoms with van der Waals surface area (Å²) in [6.07, 6.45) is -9.28. The average Bonchev–Trinajstić information content (AvgIpc) is 2.38. The molecule has 1 N–H and O–H groups in total. The first-order valence-corrected chi connectivity index (χ1v) is 6.38. The van der Waals surface area contributed by atoms with E-state index >= 15 is 0 Å². The van der Waals surface area contributed by atoms with Gasteiger partial charge in [0.15, 0.2) is 0 Å². The maximum absolute atomic E-state index is 13.3. The van der Waals surface area contributed by atoms with Crippen molar-refractivity contribution in [2.75, 3.05) is 26.2 Å². The third-order valence-corrected chi connectivity index (χ3v) is 3.36. The first-order chi connectivity index (χ1) is 9.69. The van der Waals surface area contributed by atoms with E-state index in [1.165, 1.54) is 0 Å². The number of nitrogens with one attached hydrogen (secondary N) is 1. The van der Waals surface area contributed by atoms with Crippen molar-refractivity contribution in [3.05, 3.63) is 35.4 Å². The molecule has 0 spiro atoms. The fraction of sp³-hybridized carbons (Fsp3) is 0.538. The largest absolute Gasteiger partial charge is 0.416 e. The van der Waals surface area contributed by atoms with Crippen LogP contribution < -0.4 is 5.32 Å². The molecule has 2 nitrogen and oxygen atoms in total. The highest BCUT2D eigenvalue weighted by atomic mass is 35.5. The Balaban J connectivity index is 0.00000242. The zero-order valence-corrected chi connectivity index (χ0v) is 12.2. The molecule has 22 heavy (non-hydrogen) atoms. The van der Waals surface area contributed by atoms with Gasteiger partial charge in [0, 0.05) is 26.2 Å². The third-order valence-electron chi connectivity index (χ3n) is 3.36. The van der Waals surface area contributed by atoms with Crippen molar-refractivity contribution in [3.8, 4) is 0 Å². The van der Waals surface area contributed by atoms with Gasteiger partial charge in [0.25, 0.3) is 0 Å². The highest BCUT2D eigenvalue weighted by Crippen LogP contribution is 2.39. The van der Waals surface area contributed by atoms with Crippen LogP contribution >= 0.6 is 12.4 Å². The van der Waals surface area contributed by atoms with Crippen LogP contribution in [0.15, 0.2) is 24.3 Å². The lowest BCUT2D eigenvalue weighted by molar-refractivity contribution is -0.188. The minimum atomic E-state index is -4.66. The molecule has 1 aromatic rings. The van der Waals surface area contributed by atoms with Crippen molar-refractivity contribution in [1.29, 1.82) is 0 Å². The number of halogens is 7. The van der Waals surface area contributed by atoms with E-state index in [9.17, 15) is 26.3 Å². The monoisotopic (exact) mass is 348 g/mol. The lowest BCUT2D eigenvalue weighted by Gasteiger charge is -2.36. The fourth-order valence-electron chi connectivity index (χ4n) is 2.43. The quantitative estimate of drug-likeness (QED) is 0.821. The summed E-state index contributed by atoms with van der Waals surface area (Å²) in [6, 6.07) is 1.45. The van der Waals surface area contributed by atoms with Gasteiger partial charge in [0.05, 0.1) is 5.56 Å². The van der Waals surface area contributed by atoms with E-state index in [2.05, 4.69) is 5.32 Å². The molecule has 0 bridgehead atoms. The highest BCUT2D eigenvalue weighted by Gasteiger charge is 2.45. The Labute approximate surface area is 129 Å². The zero-order valence-electron chi connectivity index (χ0n) is 11.3. The molecule has 0 unspecified atom stereocenters. The minimum Gasteiger partial charge on any atom is -0.314 e. The van der Waals surface area contributed by atoms with Gasteiger partial charge in [-0.2, -0.15) is 26.3 Å². The first kappa shape index (κ1) is 19.1. The van der Waals surface area contributed by atoms with E-state index in [1.54, 1.807) is 0 Å². The zero-order chi connectivity index (χ0) is 15.7. The Morgan fingerprint density at radius 2 is 1.59 bits per heavy atom. The Bertz CT molecular complexity index is 482. The summed E-state index contributed by atoms with van der Waals surface area (Å²) in [4.78, 5) is 1.16. The van der Waals surface area contributed by atoms with Gasteiger partial charge < -0.3 is 5.32 Å². The van der Waals surface area contributed by atoms with Gasteiger partial charge in [-0.1, -0.05) is 12.1 Å². The van der Waals surface area contributed by atoms with Gasteiger partial charge in [0.2, 0.25) is 0 Å². The van der Waals surface area contributed by atoms with E-state index in [0.29, 0.717) is 19.2 Å². The van der Waals surface area contributed by atoms with Crippen LogP contribution in [0.1, 0.15) is 17.2 Å². The Kier molecular flexibility index (Phi) is 6.11. The van der Waals surface area contributed by atoms with Crippen LogP contribution in [0, 0.1) is 0 Å². The SMILES string of the molecule is Cl.FC(F)(F)c1cccc([C@@H](N2CCNCC2)C(F)(F)F)c1. The van der Waals surface area contributed by atoms with E-state index < -0.39 is 24.0 Å². The molecular formula is C13H15ClF6N2. The standard InChI is InChI=1S/C13H14F6N2.ClH/c14-12(15,16)10-3-1-2-9(8-10)11(13(17,18)19)21-6-4-20-5-7-21;/h1-3,8,11,20H,4-7H2;1H/t11-;/m1./s1. The van der Waals surface area contributed by atoms with Crippen LogP contribution in [0.2, 0.25) is 0 Å². The molecule has 0 radical (unpaired) electrons. The molecule has 9 heteroatoms. The van der Waals surface area contributed by atoms with E-state index in [1.807, 2.05) is 0 Å². The van der Waals surface area contributed by atoms with Crippen molar-refractivity contribution in [2.24, 2.45) is 0 Å². The fourth-order valence-corrected chi connectivity index (χ4v) is 2.43. The number of benzene rings is 1. The molecule has 1 aliphatic heterocycles. The summed E-state index contributed by atoms with van der Waals surface area (Å²) < 4.78 is 77.8. The number of nitrogens with zero attached hydrogens (tertiary/aromatic N) is 1. The van der Waals surface area contributed by atoms with Crippen molar-refractivity contribution < 1.29 is 26.3 Å². The lowest BCUT2D eigenvalue weighted by atomic mass is 10.0. The van der Waals surface area contributed by atoms with Crippen molar-refractivity contribution in [1.82, 2.24) is 10.2 Å². The molecule has 1 atom stereocenters. The van der Waals surface area contributed by atoms with Crippen LogP contribution in [0.4, 0.5) is 26.3 Å². The smallest absolute Gasteiger partial charge is 0.314 e. The molecule has 1 aliphatic rings. The molecule has 0 amide bonds.